The number of halogens is 2. The number of hydrogen-bond donors (Lipinski definition) is 1. The normalized spacial score (nSPS) is 10.5. The summed E-state index contributed by atoms with van der Waals surface area (Å²) in [5.41, 5.74) is -0.0558. The Morgan fingerprint density at radius 1 is 1.33 bits per heavy atom. The Hall–Kier alpha value is -1.32. The molecule has 2 aromatic rings. The van der Waals surface area contributed by atoms with Crippen LogP contribution in [0.15, 0.2) is 24.4 Å². The van der Waals surface area contributed by atoms with Gasteiger partial charge in [0.05, 0.1) is 0 Å². The molecule has 5 heteroatoms. The van der Waals surface area contributed by atoms with Crippen LogP contribution in [0.5, 0.6) is 0 Å². The molecule has 0 amide bonds. The number of rotatable bonds is 1. The second kappa shape index (κ2) is 3.68. The third-order valence-corrected chi connectivity index (χ3v) is 2.63. The number of pyridine rings is 1. The molecule has 0 unspecified atom stereocenters. The Morgan fingerprint density at radius 3 is 2.73 bits per heavy atom. The SMILES string of the molecule is O=C(O)c1c(Cl)ncc2cccc(Cl)c12. The van der Waals surface area contributed by atoms with Crippen LogP contribution in [-0.2, 0) is 0 Å². The van der Waals surface area contributed by atoms with Crippen molar-refractivity contribution < 1.29 is 9.90 Å². The van der Waals surface area contributed by atoms with Crippen LogP contribution >= 0.6 is 23.2 Å². The molecule has 0 aliphatic rings. The van der Waals surface area contributed by atoms with Gasteiger partial charge in [0.25, 0.3) is 0 Å². The van der Waals surface area contributed by atoms with E-state index >= 15 is 0 Å². The van der Waals surface area contributed by atoms with Crippen molar-refractivity contribution >= 4 is 39.9 Å². The van der Waals surface area contributed by atoms with Gasteiger partial charge in [-0.25, -0.2) is 9.78 Å². The molecule has 1 aromatic carbocycles. The highest BCUT2D eigenvalue weighted by molar-refractivity contribution is 6.39. The average molecular weight is 242 g/mol. The first-order valence-corrected chi connectivity index (χ1v) is 4.83. The van der Waals surface area contributed by atoms with E-state index in [1.54, 1.807) is 18.2 Å². The number of fused-ring (bicyclic) bond motifs is 1. The number of nitrogens with zero attached hydrogens (tertiary/aromatic N) is 1. The summed E-state index contributed by atoms with van der Waals surface area (Å²) in [6, 6.07) is 5.08. The van der Waals surface area contributed by atoms with E-state index in [2.05, 4.69) is 4.98 Å². The van der Waals surface area contributed by atoms with E-state index in [9.17, 15) is 4.79 Å². The maximum absolute atomic E-state index is 11.0. The molecule has 1 aromatic heterocycles. The highest BCUT2D eigenvalue weighted by Gasteiger charge is 2.16. The summed E-state index contributed by atoms with van der Waals surface area (Å²) in [5, 5.41) is 10.4. The minimum Gasteiger partial charge on any atom is -0.478 e. The Kier molecular flexibility index (Phi) is 2.50. The third kappa shape index (κ3) is 1.64. The average Bonchev–Trinajstić information content (AvgIpc) is 2.18. The number of aromatic nitrogens is 1. The molecule has 0 saturated heterocycles. The zero-order chi connectivity index (χ0) is 11.0. The molecule has 3 nitrogen and oxygen atoms in total. The van der Waals surface area contributed by atoms with Crippen molar-refractivity contribution in [3.05, 3.63) is 40.1 Å². The quantitative estimate of drug-likeness (QED) is 0.781. The predicted octanol–water partition coefficient (Wildman–Crippen LogP) is 3.24. The van der Waals surface area contributed by atoms with Crippen molar-refractivity contribution in [3.63, 3.8) is 0 Å². The van der Waals surface area contributed by atoms with Crippen molar-refractivity contribution in [2.24, 2.45) is 0 Å². The van der Waals surface area contributed by atoms with Gasteiger partial charge in [-0.05, 0) is 6.07 Å². The van der Waals surface area contributed by atoms with E-state index in [-0.39, 0.29) is 10.7 Å². The Labute approximate surface area is 95.3 Å². The summed E-state index contributed by atoms with van der Waals surface area (Å²) in [6.07, 6.45) is 1.50. The number of carboxylic acids is 1. The Morgan fingerprint density at radius 2 is 2.07 bits per heavy atom. The van der Waals surface area contributed by atoms with Crippen molar-refractivity contribution in [1.29, 1.82) is 0 Å². The molecular weight excluding hydrogens is 237 g/mol. The first kappa shape index (κ1) is 10.2. The standard InChI is InChI=1S/C10H5Cl2NO2/c11-6-3-1-2-5-4-13-9(12)8(7(5)6)10(14)15/h1-4H,(H,14,15). The summed E-state index contributed by atoms with van der Waals surface area (Å²) in [7, 11) is 0. The van der Waals surface area contributed by atoms with E-state index < -0.39 is 5.97 Å². The molecule has 0 spiro atoms. The Bertz CT molecular complexity index is 554. The van der Waals surface area contributed by atoms with Crippen molar-refractivity contribution in [3.8, 4) is 0 Å². The second-order valence-corrected chi connectivity index (χ2v) is 3.70. The molecule has 0 fully saturated rings. The van der Waals surface area contributed by atoms with E-state index in [1.807, 2.05) is 0 Å². The van der Waals surface area contributed by atoms with Gasteiger partial charge in [-0.2, -0.15) is 0 Å². The second-order valence-electron chi connectivity index (χ2n) is 2.93. The van der Waals surface area contributed by atoms with Gasteiger partial charge >= 0.3 is 5.97 Å². The zero-order valence-corrected chi connectivity index (χ0v) is 8.88. The summed E-state index contributed by atoms with van der Waals surface area (Å²) >= 11 is 11.6. The predicted molar refractivity (Wildman–Crippen MR) is 58.7 cm³/mol. The fraction of sp³-hybridized carbons (Fsp3) is 0. The zero-order valence-electron chi connectivity index (χ0n) is 7.37. The van der Waals surface area contributed by atoms with E-state index in [0.29, 0.717) is 15.8 Å². The molecule has 1 heterocycles. The van der Waals surface area contributed by atoms with Gasteiger partial charge in [0.1, 0.15) is 10.7 Å². The molecule has 2 rings (SSSR count). The van der Waals surface area contributed by atoms with Crippen LogP contribution in [0.1, 0.15) is 10.4 Å². The smallest absolute Gasteiger partial charge is 0.339 e. The highest BCUT2D eigenvalue weighted by Crippen LogP contribution is 2.29. The summed E-state index contributed by atoms with van der Waals surface area (Å²) in [6.45, 7) is 0. The molecule has 0 bridgehead atoms. The minimum absolute atomic E-state index is 0.0527. The Balaban J connectivity index is 2.97. The summed E-state index contributed by atoms with van der Waals surface area (Å²) < 4.78 is 0. The summed E-state index contributed by atoms with van der Waals surface area (Å²) in [4.78, 5) is 14.8. The van der Waals surface area contributed by atoms with Crippen LogP contribution in [0, 0.1) is 0 Å². The van der Waals surface area contributed by atoms with Crippen LogP contribution in [0.25, 0.3) is 10.8 Å². The molecule has 0 aliphatic carbocycles. The highest BCUT2D eigenvalue weighted by atomic mass is 35.5. The van der Waals surface area contributed by atoms with Crippen molar-refractivity contribution in [2.45, 2.75) is 0 Å². The van der Waals surface area contributed by atoms with Gasteiger partial charge in [-0.15, -0.1) is 0 Å². The van der Waals surface area contributed by atoms with Crippen molar-refractivity contribution in [2.75, 3.05) is 0 Å². The largest absolute Gasteiger partial charge is 0.478 e. The van der Waals surface area contributed by atoms with E-state index in [1.165, 1.54) is 6.20 Å². The van der Waals surface area contributed by atoms with E-state index in [0.717, 1.165) is 0 Å². The van der Waals surface area contributed by atoms with Gasteiger partial charge in [0.2, 0.25) is 0 Å². The molecular formula is C10H5Cl2NO2. The molecule has 15 heavy (non-hydrogen) atoms. The monoisotopic (exact) mass is 241 g/mol. The van der Waals surface area contributed by atoms with Crippen LogP contribution in [0.4, 0.5) is 0 Å². The number of benzene rings is 1. The van der Waals surface area contributed by atoms with Gasteiger partial charge < -0.3 is 5.11 Å². The fourth-order valence-electron chi connectivity index (χ4n) is 1.40. The molecule has 1 N–H and O–H groups in total. The van der Waals surface area contributed by atoms with Crippen LogP contribution < -0.4 is 0 Å². The first-order valence-electron chi connectivity index (χ1n) is 4.07. The lowest BCUT2D eigenvalue weighted by molar-refractivity contribution is 0.0699. The maximum Gasteiger partial charge on any atom is 0.339 e. The van der Waals surface area contributed by atoms with Gasteiger partial charge in [0.15, 0.2) is 0 Å². The van der Waals surface area contributed by atoms with Gasteiger partial charge in [-0.3, -0.25) is 0 Å². The van der Waals surface area contributed by atoms with Crippen LogP contribution in [0.2, 0.25) is 10.2 Å². The number of carboxylic acid groups (broad SMARTS) is 1. The van der Waals surface area contributed by atoms with Crippen LogP contribution in [0.3, 0.4) is 0 Å². The third-order valence-electron chi connectivity index (χ3n) is 2.03. The van der Waals surface area contributed by atoms with Gasteiger partial charge in [-0.1, -0.05) is 35.3 Å². The molecule has 0 saturated carbocycles. The lowest BCUT2D eigenvalue weighted by Gasteiger charge is -2.05. The summed E-state index contributed by atoms with van der Waals surface area (Å²) in [5.74, 6) is -1.13. The van der Waals surface area contributed by atoms with Crippen molar-refractivity contribution in [1.82, 2.24) is 4.98 Å². The molecule has 0 aliphatic heterocycles. The molecule has 0 radical (unpaired) electrons. The minimum atomic E-state index is -1.13. The van der Waals surface area contributed by atoms with Crippen LogP contribution in [-0.4, -0.2) is 16.1 Å². The molecule has 0 atom stereocenters. The number of hydrogen-bond acceptors (Lipinski definition) is 2. The maximum atomic E-state index is 11.0. The topological polar surface area (TPSA) is 50.2 Å². The van der Waals surface area contributed by atoms with E-state index in [4.69, 9.17) is 28.3 Å². The first-order chi connectivity index (χ1) is 7.11. The lowest BCUT2D eigenvalue weighted by atomic mass is 10.1. The number of aromatic carboxylic acids is 1. The molecule has 76 valence electrons. The fourth-order valence-corrected chi connectivity index (χ4v) is 1.90. The lowest BCUT2D eigenvalue weighted by Crippen LogP contribution is -2.00. The van der Waals surface area contributed by atoms with Gasteiger partial charge in [0, 0.05) is 22.0 Å². The number of carbonyl (C=O) groups is 1.